The summed E-state index contributed by atoms with van der Waals surface area (Å²) in [6.45, 7) is 0.785. The van der Waals surface area contributed by atoms with E-state index >= 15 is 0 Å². The van der Waals surface area contributed by atoms with Crippen molar-refractivity contribution in [2.24, 2.45) is 0 Å². The number of hydrogen-bond acceptors (Lipinski definition) is 4. The molecule has 1 aromatic rings. The van der Waals surface area contributed by atoms with Gasteiger partial charge in [-0.3, -0.25) is 4.79 Å². The second-order valence-electron chi connectivity index (χ2n) is 2.78. The van der Waals surface area contributed by atoms with Gasteiger partial charge in [0.25, 0.3) is 0 Å². The van der Waals surface area contributed by atoms with E-state index in [1.54, 1.807) is 11.8 Å². The van der Waals surface area contributed by atoms with Crippen LogP contribution in [0.15, 0.2) is 17.5 Å². The van der Waals surface area contributed by atoms with Crippen LogP contribution in [0.3, 0.4) is 0 Å². The fourth-order valence-corrected chi connectivity index (χ4v) is 2.81. The highest BCUT2D eigenvalue weighted by Crippen LogP contribution is 2.24. The lowest BCUT2D eigenvalue weighted by Crippen LogP contribution is -2.08. The molecule has 70 valence electrons. The van der Waals surface area contributed by atoms with Gasteiger partial charge in [0.2, 0.25) is 0 Å². The van der Waals surface area contributed by atoms with E-state index in [1.165, 1.54) is 11.3 Å². The second kappa shape index (κ2) is 4.26. The van der Waals surface area contributed by atoms with Gasteiger partial charge in [0.05, 0.1) is 11.5 Å². The number of ketones is 1. The van der Waals surface area contributed by atoms with E-state index < -0.39 is 0 Å². The van der Waals surface area contributed by atoms with E-state index in [-0.39, 0.29) is 11.2 Å². The lowest BCUT2D eigenvalue weighted by atomic mass is 10.2. The number of thioether (sulfide) groups is 1. The molecule has 0 amide bonds. The number of hydrogen-bond donors (Lipinski definition) is 0. The van der Waals surface area contributed by atoms with Crippen LogP contribution in [0.1, 0.15) is 16.1 Å². The van der Waals surface area contributed by atoms with Gasteiger partial charge >= 0.3 is 0 Å². The van der Waals surface area contributed by atoms with Crippen molar-refractivity contribution in [3.05, 3.63) is 22.4 Å². The Morgan fingerprint density at radius 1 is 1.69 bits per heavy atom. The smallest absolute Gasteiger partial charge is 0.176 e. The van der Waals surface area contributed by atoms with Crippen molar-refractivity contribution in [3.63, 3.8) is 0 Å². The molecule has 1 unspecified atom stereocenters. The Morgan fingerprint density at radius 3 is 3.23 bits per heavy atom. The highest BCUT2D eigenvalue weighted by Gasteiger charge is 2.20. The SMILES string of the molecule is O=C(CC1OCCS1)c1cccs1. The average Bonchev–Trinajstić information content (AvgIpc) is 2.74. The van der Waals surface area contributed by atoms with E-state index in [2.05, 4.69) is 0 Å². The Kier molecular flexibility index (Phi) is 3.03. The summed E-state index contributed by atoms with van der Waals surface area (Å²) in [5.41, 5.74) is 0.0922. The van der Waals surface area contributed by atoms with Crippen molar-refractivity contribution in [2.45, 2.75) is 11.9 Å². The Labute approximate surface area is 85.3 Å². The van der Waals surface area contributed by atoms with Crippen LogP contribution < -0.4 is 0 Å². The molecule has 0 saturated carbocycles. The minimum Gasteiger partial charge on any atom is -0.366 e. The van der Waals surface area contributed by atoms with Crippen LogP contribution in [-0.4, -0.2) is 23.6 Å². The zero-order valence-corrected chi connectivity index (χ0v) is 8.70. The molecule has 1 aliphatic rings. The highest BCUT2D eigenvalue weighted by atomic mass is 32.2. The molecule has 2 heterocycles. The van der Waals surface area contributed by atoms with Crippen molar-refractivity contribution < 1.29 is 9.53 Å². The highest BCUT2D eigenvalue weighted by molar-refractivity contribution is 8.00. The minimum atomic E-state index is 0.0922. The summed E-state index contributed by atoms with van der Waals surface area (Å²) >= 11 is 3.23. The number of carbonyl (C=O) groups is 1. The molecule has 0 aromatic carbocycles. The first-order valence-electron chi connectivity index (χ1n) is 4.16. The van der Waals surface area contributed by atoms with Crippen LogP contribution >= 0.6 is 23.1 Å². The van der Waals surface area contributed by atoms with E-state index in [0.29, 0.717) is 6.42 Å². The summed E-state index contributed by atoms with van der Waals surface area (Å²) in [5.74, 6) is 1.22. The fraction of sp³-hybridized carbons (Fsp3) is 0.444. The van der Waals surface area contributed by atoms with Crippen LogP contribution in [0.25, 0.3) is 0 Å². The molecule has 2 rings (SSSR count). The van der Waals surface area contributed by atoms with Gasteiger partial charge in [-0.25, -0.2) is 0 Å². The second-order valence-corrected chi connectivity index (χ2v) is 4.99. The summed E-state index contributed by atoms with van der Waals surface area (Å²) in [7, 11) is 0. The molecule has 13 heavy (non-hydrogen) atoms. The lowest BCUT2D eigenvalue weighted by molar-refractivity contribution is 0.0879. The molecular formula is C9H10O2S2. The third-order valence-corrected chi connectivity index (χ3v) is 3.83. The molecular weight excluding hydrogens is 204 g/mol. The van der Waals surface area contributed by atoms with Crippen molar-refractivity contribution in [1.29, 1.82) is 0 Å². The standard InChI is InChI=1S/C9H10O2S2/c10-7(8-2-1-4-12-8)6-9-11-3-5-13-9/h1-2,4,9H,3,5-6H2. The Morgan fingerprint density at radius 2 is 2.62 bits per heavy atom. The Hall–Kier alpha value is -0.320. The number of ether oxygens (including phenoxy) is 1. The van der Waals surface area contributed by atoms with Gasteiger partial charge in [-0.1, -0.05) is 6.07 Å². The summed E-state index contributed by atoms with van der Waals surface area (Å²) in [4.78, 5) is 12.4. The molecule has 0 spiro atoms. The van der Waals surface area contributed by atoms with Crippen LogP contribution in [0.4, 0.5) is 0 Å². The molecule has 1 saturated heterocycles. The number of Topliss-reactive ketones (excluding diaryl/α,β-unsaturated/α-hetero) is 1. The van der Waals surface area contributed by atoms with Gasteiger partial charge in [0.1, 0.15) is 5.44 Å². The molecule has 0 aliphatic carbocycles. The monoisotopic (exact) mass is 214 g/mol. The zero-order chi connectivity index (χ0) is 9.10. The van der Waals surface area contributed by atoms with Gasteiger partial charge in [-0.2, -0.15) is 0 Å². The molecule has 0 radical (unpaired) electrons. The third-order valence-electron chi connectivity index (χ3n) is 1.84. The van der Waals surface area contributed by atoms with Gasteiger partial charge in [-0.05, 0) is 11.4 Å². The summed E-state index contributed by atoms with van der Waals surface area (Å²) in [5, 5.41) is 1.93. The Balaban J connectivity index is 1.91. The number of carbonyl (C=O) groups excluding carboxylic acids is 1. The van der Waals surface area contributed by atoms with Crippen molar-refractivity contribution in [1.82, 2.24) is 0 Å². The van der Waals surface area contributed by atoms with E-state index in [0.717, 1.165) is 17.2 Å². The maximum Gasteiger partial charge on any atom is 0.176 e. The number of thiophene rings is 1. The van der Waals surface area contributed by atoms with Gasteiger partial charge < -0.3 is 4.74 Å². The topological polar surface area (TPSA) is 26.3 Å². The summed E-state index contributed by atoms with van der Waals surface area (Å²) in [6.07, 6.45) is 0.519. The van der Waals surface area contributed by atoms with Crippen molar-refractivity contribution in [3.8, 4) is 0 Å². The summed E-state index contributed by atoms with van der Waals surface area (Å²) in [6, 6.07) is 3.77. The van der Waals surface area contributed by atoms with Gasteiger partial charge in [0, 0.05) is 12.2 Å². The molecule has 1 aromatic heterocycles. The first kappa shape index (κ1) is 9.24. The Bertz CT molecular complexity index is 276. The molecule has 0 N–H and O–H groups in total. The van der Waals surface area contributed by atoms with Crippen LogP contribution in [-0.2, 0) is 4.74 Å². The zero-order valence-electron chi connectivity index (χ0n) is 7.06. The molecule has 0 bridgehead atoms. The average molecular weight is 214 g/mol. The molecule has 2 nitrogen and oxygen atoms in total. The molecule has 1 aliphatic heterocycles. The fourth-order valence-electron chi connectivity index (χ4n) is 1.21. The van der Waals surface area contributed by atoms with Crippen LogP contribution in [0, 0.1) is 0 Å². The lowest BCUT2D eigenvalue weighted by Gasteiger charge is -2.05. The maximum atomic E-state index is 11.6. The van der Waals surface area contributed by atoms with E-state index in [4.69, 9.17) is 4.74 Å². The van der Waals surface area contributed by atoms with Crippen LogP contribution in [0.2, 0.25) is 0 Å². The third kappa shape index (κ3) is 2.33. The first-order chi connectivity index (χ1) is 6.36. The van der Waals surface area contributed by atoms with E-state index in [9.17, 15) is 4.79 Å². The normalized spacial score (nSPS) is 22.0. The van der Waals surface area contributed by atoms with E-state index in [1.807, 2.05) is 17.5 Å². The minimum absolute atomic E-state index is 0.0922. The van der Waals surface area contributed by atoms with Gasteiger partial charge in [-0.15, -0.1) is 23.1 Å². The molecule has 4 heteroatoms. The molecule has 1 atom stereocenters. The van der Waals surface area contributed by atoms with Crippen LogP contribution in [0.5, 0.6) is 0 Å². The number of rotatable bonds is 3. The summed E-state index contributed by atoms with van der Waals surface area (Å²) < 4.78 is 5.37. The largest absolute Gasteiger partial charge is 0.366 e. The predicted octanol–water partition coefficient (Wildman–Crippen LogP) is 2.41. The predicted molar refractivity (Wildman–Crippen MR) is 55.5 cm³/mol. The molecule has 1 fully saturated rings. The van der Waals surface area contributed by atoms with Gasteiger partial charge in [0.15, 0.2) is 5.78 Å². The maximum absolute atomic E-state index is 11.6. The van der Waals surface area contributed by atoms with Crippen molar-refractivity contribution in [2.75, 3.05) is 12.4 Å². The first-order valence-corrected chi connectivity index (χ1v) is 6.09. The van der Waals surface area contributed by atoms with Crippen molar-refractivity contribution >= 4 is 28.9 Å². The quantitative estimate of drug-likeness (QED) is 0.723.